The molecular weight excluding hydrogens is 352 g/mol. The van der Waals surface area contributed by atoms with Crippen molar-refractivity contribution in [2.75, 3.05) is 13.2 Å². The molecule has 1 heterocycles. The van der Waals surface area contributed by atoms with E-state index in [0.717, 1.165) is 17.5 Å². The zero-order valence-electron chi connectivity index (χ0n) is 14.6. The molecule has 1 amide bonds. The number of hydrogen-bond donors (Lipinski definition) is 2. The number of nitrogens with one attached hydrogen (secondary N) is 2. The van der Waals surface area contributed by atoms with Gasteiger partial charge in [0.1, 0.15) is 5.75 Å². The van der Waals surface area contributed by atoms with Crippen molar-refractivity contribution in [2.45, 2.75) is 30.7 Å². The number of benzene rings is 2. The summed E-state index contributed by atoms with van der Waals surface area (Å²) in [6.45, 7) is 2.71. The van der Waals surface area contributed by atoms with E-state index in [4.69, 9.17) is 4.74 Å². The fraction of sp³-hybridized carbons (Fsp3) is 0.316. The van der Waals surface area contributed by atoms with Gasteiger partial charge in [-0.25, -0.2) is 13.1 Å². The van der Waals surface area contributed by atoms with Crippen LogP contribution in [0.4, 0.5) is 0 Å². The van der Waals surface area contributed by atoms with Gasteiger partial charge >= 0.3 is 0 Å². The second-order valence-electron chi connectivity index (χ2n) is 6.28. The molecule has 138 valence electrons. The van der Waals surface area contributed by atoms with E-state index in [1.54, 1.807) is 18.2 Å². The average molecular weight is 374 g/mol. The number of hydrogen-bond acceptors (Lipinski definition) is 4. The summed E-state index contributed by atoms with van der Waals surface area (Å²) in [6.07, 6.45) is 0.730. The summed E-state index contributed by atoms with van der Waals surface area (Å²) in [5.74, 6) is 0.604. The van der Waals surface area contributed by atoms with E-state index in [0.29, 0.717) is 18.9 Å². The Morgan fingerprint density at radius 1 is 1.19 bits per heavy atom. The zero-order valence-corrected chi connectivity index (χ0v) is 15.4. The minimum absolute atomic E-state index is 0.0342. The molecule has 1 aliphatic heterocycles. The lowest BCUT2D eigenvalue weighted by molar-refractivity contribution is -0.119. The predicted octanol–water partition coefficient (Wildman–Crippen LogP) is 2.17. The van der Waals surface area contributed by atoms with Gasteiger partial charge in [0.2, 0.25) is 15.9 Å². The van der Waals surface area contributed by atoms with Crippen LogP contribution in [0.25, 0.3) is 0 Å². The van der Waals surface area contributed by atoms with E-state index < -0.39 is 10.0 Å². The van der Waals surface area contributed by atoms with Crippen LogP contribution < -0.4 is 14.8 Å². The van der Waals surface area contributed by atoms with Crippen molar-refractivity contribution >= 4 is 15.9 Å². The van der Waals surface area contributed by atoms with E-state index in [9.17, 15) is 13.2 Å². The summed E-state index contributed by atoms with van der Waals surface area (Å²) in [5, 5.41) is 2.80. The third-order valence-electron chi connectivity index (χ3n) is 4.36. The number of carbonyl (C=O) groups is 1. The van der Waals surface area contributed by atoms with Crippen LogP contribution in [-0.2, 0) is 21.4 Å². The van der Waals surface area contributed by atoms with Gasteiger partial charge in [0.25, 0.3) is 0 Å². The van der Waals surface area contributed by atoms with Crippen LogP contribution in [0.1, 0.15) is 30.4 Å². The van der Waals surface area contributed by atoms with Crippen LogP contribution in [0.3, 0.4) is 0 Å². The first-order valence-corrected chi connectivity index (χ1v) is 9.99. The van der Waals surface area contributed by atoms with Crippen LogP contribution in [0, 0.1) is 0 Å². The van der Waals surface area contributed by atoms with Gasteiger partial charge in [0.05, 0.1) is 11.5 Å². The van der Waals surface area contributed by atoms with Gasteiger partial charge in [-0.05, 0) is 30.2 Å². The maximum absolute atomic E-state index is 12.6. The monoisotopic (exact) mass is 374 g/mol. The molecule has 0 saturated heterocycles. The number of amides is 1. The molecule has 2 aromatic rings. The standard InChI is InChI=1S/C19H22N2O4S/c1-14(22)20-13-16-9-10-25-19-8-7-17(11-18(16)19)26(23,24)21-12-15-5-3-2-4-6-15/h2-8,11,16,21H,9-10,12-13H2,1H3,(H,20,22). The summed E-state index contributed by atoms with van der Waals surface area (Å²) in [5.41, 5.74) is 1.70. The van der Waals surface area contributed by atoms with E-state index >= 15 is 0 Å². The third-order valence-corrected chi connectivity index (χ3v) is 5.76. The first kappa shape index (κ1) is 18.4. The Hall–Kier alpha value is -2.38. The highest BCUT2D eigenvalue weighted by Crippen LogP contribution is 2.35. The highest BCUT2D eigenvalue weighted by atomic mass is 32.2. The molecule has 1 unspecified atom stereocenters. The number of sulfonamides is 1. The Morgan fingerprint density at radius 3 is 2.69 bits per heavy atom. The molecular formula is C19H22N2O4S. The van der Waals surface area contributed by atoms with E-state index in [1.807, 2.05) is 30.3 Å². The molecule has 3 rings (SSSR count). The number of rotatable bonds is 6. The smallest absolute Gasteiger partial charge is 0.240 e. The average Bonchev–Trinajstić information content (AvgIpc) is 2.65. The Bertz CT molecular complexity index is 882. The lowest BCUT2D eigenvalue weighted by Crippen LogP contribution is -2.29. The summed E-state index contributed by atoms with van der Waals surface area (Å²) >= 11 is 0. The van der Waals surface area contributed by atoms with Gasteiger partial charge in [-0.15, -0.1) is 0 Å². The van der Waals surface area contributed by atoms with Gasteiger partial charge in [-0.1, -0.05) is 30.3 Å². The molecule has 26 heavy (non-hydrogen) atoms. The van der Waals surface area contributed by atoms with Crippen molar-refractivity contribution in [3.05, 3.63) is 59.7 Å². The molecule has 0 aromatic heterocycles. The molecule has 0 saturated carbocycles. The Labute approximate surface area is 153 Å². The molecule has 0 bridgehead atoms. The Kier molecular flexibility index (Phi) is 5.58. The minimum atomic E-state index is -3.64. The molecule has 2 N–H and O–H groups in total. The van der Waals surface area contributed by atoms with E-state index in [1.165, 1.54) is 6.92 Å². The maximum atomic E-state index is 12.6. The minimum Gasteiger partial charge on any atom is -0.493 e. The third kappa shape index (κ3) is 4.42. The fourth-order valence-electron chi connectivity index (χ4n) is 2.95. The van der Waals surface area contributed by atoms with Crippen molar-refractivity contribution in [2.24, 2.45) is 0 Å². The van der Waals surface area contributed by atoms with E-state index in [-0.39, 0.29) is 23.3 Å². The molecule has 0 aliphatic carbocycles. The van der Waals surface area contributed by atoms with Crippen molar-refractivity contribution in [3.8, 4) is 5.75 Å². The van der Waals surface area contributed by atoms with Crippen LogP contribution in [-0.4, -0.2) is 27.5 Å². The molecule has 1 aliphatic rings. The molecule has 2 aromatic carbocycles. The first-order valence-electron chi connectivity index (χ1n) is 8.50. The van der Waals surface area contributed by atoms with Crippen LogP contribution in [0.2, 0.25) is 0 Å². The van der Waals surface area contributed by atoms with Crippen LogP contribution in [0.15, 0.2) is 53.4 Å². The number of carbonyl (C=O) groups excluding carboxylic acids is 1. The SMILES string of the molecule is CC(=O)NCC1CCOc2ccc(S(=O)(=O)NCc3ccccc3)cc21. The molecule has 1 atom stereocenters. The fourth-order valence-corrected chi connectivity index (χ4v) is 4.00. The summed E-state index contributed by atoms with van der Waals surface area (Å²) in [7, 11) is -3.64. The maximum Gasteiger partial charge on any atom is 0.240 e. The Morgan fingerprint density at radius 2 is 1.96 bits per heavy atom. The second-order valence-corrected chi connectivity index (χ2v) is 8.05. The van der Waals surface area contributed by atoms with Crippen molar-refractivity contribution < 1.29 is 17.9 Å². The zero-order chi connectivity index (χ0) is 18.6. The number of ether oxygens (including phenoxy) is 1. The largest absolute Gasteiger partial charge is 0.493 e. The molecule has 0 radical (unpaired) electrons. The lowest BCUT2D eigenvalue weighted by atomic mass is 9.93. The van der Waals surface area contributed by atoms with Gasteiger partial charge in [0.15, 0.2) is 0 Å². The van der Waals surface area contributed by atoms with Crippen molar-refractivity contribution in [1.29, 1.82) is 0 Å². The predicted molar refractivity (Wildman–Crippen MR) is 98.4 cm³/mol. The van der Waals surface area contributed by atoms with Crippen LogP contribution in [0.5, 0.6) is 5.75 Å². The quantitative estimate of drug-likeness (QED) is 0.812. The molecule has 0 spiro atoms. The summed E-state index contributed by atoms with van der Waals surface area (Å²) in [4.78, 5) is 11.4. The summed E-state index contributed by atoms with van der Waals surface area (Å²) in [6, 6.07) is 14.2. The van der Waals surface area contributed by atoms with Crippen molar-refractivity contribution in [1.82, 2.24) is 10.0 Å². The van der Waals surface area contributed by atoms with Gasteiger partial charge in [-0.3, -0.25) is 4.79 Å². The topological polar surface area (TPSA) is 84.5 Å². The second kappa shape index (κ2) is 7.88. The van der Waals surface area contributed by atoms with Gasteiger partial charge in [-0.2, -0.15) is 0 Å². The highest BCUT2D eigenvalue weighted by Gasteiger charge is 2.24. The Balaban J connectivity index is 1.79. The van der Waals surface area contributed by atoms with Gasteiger partial charge < -0.3 is 10.1 Å². The lowest BCUT2D eigenvalue weighted by Gasteiger charge is -2.26. The molecule has 7 heteroatoms. The van der Waals surface area contributed by atoms with E-state index in [2.05, 4.69) is 10.0 Å². The molecule has 0 fully saturated rings. The van der Waals surface area contributed by atoms with Crippen LogP contribution >= 0.6 is 0 Å². The first-order chi connectivity index (χ1) is 12.5. The van der Waals surface area contributed by atoms with Crippen molar-refractivity contribution in [3.63, 3.8) is 0 Å². The van der Waals surface area contributed by atoms with Gasteiger partial charge in [0, 0.05) is 31.5 Å². The highest BCUT2D eigenvalue weighted by molar-refractivity contribution is 7.89. The number of fused-ring (bicyclic) bond motifs is 1. The summed E-state index contributed by atoms with van der Waals surface area (Å²) < 4.78 is 33.5. The normalized spacial score (nSPS) is 16.4. The molecule has 6 nitrogen and oxygen atoms in total.